The molecule has 5 heteroatoms. The summed E-state index contributed by atoms with van der Waals surface area (Å²) in [6, 6.07) is 26.3. The quantitative estimate of drug-likeness (QED) is 0.330. The molecule has 0 aliphatic carbocycles. The summed E-state index contributed by atoms with van der Waals surface area (Å²) < 4.78 is 19.0. The van der Waals surface area contributed by atoms with Crippen LogP contribution in [0.25, 0.3) is 10.8 Å². The van der Waals surface area contributed by atoms with Gasteiger partial charge in [0, 0.05) is 17.8 Å². The van der Waals surface area contributed by atoms with Crippen LogP contribution in [0.2, 0.25) is 0 Å². The molecule has 1 amide bonds. The number of carbonyl (C=O) groups excluding carboxylic acids is 1. The molecule has 4 nitrogen and oxygen atoms in total. The molecule has 2 N–H and O–H groups in total. The lowest BCUT2D eigenvalue weighted by molar-refractivity contribution is -0.118. The van der Waals surface area contributed by atoms with E-state index in [4.69, 9.17) is 4.74 Å². The smallest absolute Gasteiger partial charge is 0.262 e. The van der Waals surface area contributed by atoms with Crippen LogP contribution >= 0.6 is 0 Å². The molecule has 168 valence electrons. The molecule has 0 aromatic heterocycles. The lowest BCUT2D eigenvalue weighted by atomic mass is 10.0. The second kappa shape index (κ2) is 10.7. The van der Waals surface area contributed by atoms with E-state index in [0.29, 0.717) is 12.3 Å². The lowest BCUT2D eigenvalue weighted by Gasteiger charge is -2.15. The lowest BCUT2D eigenvalue weighted by Crippen LogP contribution is -2.22. The molecule has 0 fully saturated rings. The van der Waals surface area contributed by atoms with Crippen LogP contribution in [-0.4, -0.2) is 19.1 Å². The largest absolute Gasteiger partial charge is 0.483 e. The molecule has 0 heterocycles. The van der Waals surface area contributed by atoms with Gasteiger partial charge in [0.25, 0.3) is 5.91 Å². The third-order valence-electron chi connectivity index (χ3n) is 5.50. The van der Waals surface area contributed by atoms with Crippen molar-refractivity contribution >= 4 is 22.4 Å². The van der Waals surface area contributed by atoms with Gasteiger partial charge in [0.2, 0.25) is 0 Å². The molecule has 0 aliphatic rings. The monoisotopic (exact) mass is 442 g/mol. The molecule has 0 saturated carbocycles. The number of carbonyl (C=O) groups is 1. The Kier molecular flexibility index (Phi) is 7.33. The molecule has 0 bridgehead atoms. The van der Waals surface area contributed by atoms with Gasteiger partial charge in [-0.1, -0.05) is 60.2 Å². The van der Waals surface area contributed by atoms with Crippen LogP contribution in [0.1, 0.15) is 16.7 Å². The maximum atomic E-state index is 13.1. The van der Waals surface area contributed by atoms with Gasteiger partial charge in [-0.15, -0.1) is 0 Å². The molecule has 0 unspecified atom stereocenters. The zero-order valence-corrected chi connectivity index (χ0v) is 18.6. The summed E-state index contributed by atoms with van der Waals surface area (Å²) in [6.07, 6.45) is 0.792. The maximum absolute atomic E-state index is 13.1. The van der Waals surface area contributed by atoms with E-state index in [-0.39, 0.29) is 18.3 Å². The van der Waals surface area contributed by atoms with Gasteiger partial charge in [0.1, 0.15) is 11.6 Å². The molecular weight excluding hydrogens is 415 g/mol. The Labute approximate surface area is 193 Å². The highest BCUT2D eigenvalue weighted by molar-refractivity contribution is 5.92. The molecule has 4 rings (SSSR count). The van der Waals surface area contributed by atoms with E-state index in [1.807, 2.05) is 55.5 Å². The van der Waals surface area contributed by atoms with Crippen LogP contribution in [0.15, 0.2) is 84.9 Å². The standard InChI is InChI=1S/C28H27FN2O2/c1-20-6-13-24(14-7-20)31-28(32)19-33-27-15-10-22-4-2-3-5-25(22)26(27)18-30-17-16-21-8-11-23(29)12-9-21/h2-15,30H,16-19H2,1H3,(H,31,32). The predicted octanol–water partition coefficient (Wildman–Crippen LogP) is 5.64. The first-order valence-electron chi connectivity index (χ1n) is 11.0. The highest BCUT2D eigenvalue weighted by atomic mass is 19.1. The van der Waals surface area contributed by atoms with E-state index in [1.165, 1.54) is 12.1 Å². The number of hydrogen-bond donors (Lipinski definition) is 2. The van der Waals surface area contributed by atoms with Crippen molar-refractivity contribution in [3.05, 3.63) is 107 Å². The SMILES string of the molecule is Cc1ccc(NC(=O)COc2ccc3ccccc3c2CNCCc2ccc(F)cc2)cc1. The molecule has 4 aromatic carbocycles. The number of amides is 1. The van der Waals surface area contributed by atoms with Crippen LogP contribution in [0, 0.1) is 12.7 Å². The van der Waals surface area contributed by atoms with E-state index in [1.54, 1.807) is 12.1 Å². The van der Waals surface area contributed by atoms with Crippen molar-refractivity contribution < 1.29 is 13.9 Å². The number of rotatable bonds is 9. The van der Waals surface area contributed by atoms with E-state index in [0.717, 1.165) is 46.1 Å². The van der Waals surface area contributed by atoms with Gasteiger partial charge in [-0.3, -0.25) is 4.79 Å². The first-order chi connectivity index (χ1) is 16.1. The zero-order valence-electron chi connectivity index (χ0n) is 18.6. The van der Waals surface area contributed by atoms with E-state index in [9.17, 15) is 9.18 Å². The van der Waals surface area contributed by atoms with E-state index in [2.05, 4.69) is 22.8 Å². The fourth-order valence-electron chi connectivity index (χ4n) is 3.71. The van der Waals surface area contributed by atoms with Gasteiger partial charge in [-0.2, -0.15) is 0 Å². The van der Waals surface area contributed by atoms with Gasteiger partial charge < -0.3 is 15.4 Å². The highest BCUT2D eigenvalue weighted by Crippen LogP contribution is 2.28. The summed E-state index contributed by atoms with van der Waals surface area (Å²) in [7, 11) is 0. The Hall–Kier alpha value is -3.70. The first kappa shape index (κ1) is 22.5. The van der Waals surface area contributed by atoms with Gasteiger partial charge >= 0.3 is 0 Å². The summed E-state index contributed by atoms with van der Waals surface area (Å²) >= 11 is 0. The van der Waals surface area contributed by atoms with Gasteiger partial charge in [-0.25, -0.2) is 4.39 Å². The molecule has 0 radical (unpaired) electrons. The van der Waals surface area contributed by atoms with Gasteiger partial charge in [0.15, 0.2) is 6.61 Å². The fraction of sp³-hybridized carbons (Fsp3) is 0.179. The Morgan fingerprint density at radius 3 is 2.45 bits per heavy atom. The molecule has 0 aliphatic heterocycles. The zero-order chi connectivity index (χ0) is 23.0. The average molecular weight is 443 g/mol. The number of ether oxygens (including phenoxy) is 1. The van der Waals surface area contributed by atoms with Crippen molar-refractivity contribution in [3.8, 4) is 5.75 Å². The van der Waals surface area contributed by atoms with E-state index >= 15 is 0 Å². The second-order valence-electron chi connectivity index (χ2n) is 8.02. The molecule has 33 heavy (non-hydrogen) atoms. The third-order valence-corrected chi connectivity index (χ3v) is 5.50. The fourth-order valence-corrected chi connectivity index (χ4v) is 3.71. The number of anilines is 1. The summed E-state index contributed by atoms with van der Waals surface area (Å²) in [4.78, 5) is 12.4. The number of benzene rings is 4. The summed E-state index contributed by atoms with van der Waals surface area (Å²) in [5, 5.41) is 8.52. The topological polar surface area (TPSA) is 50.4 Å². The second-order valence-corrected chi connectivity index (χ2v) is 8.02. The van der Waals surface area contributed by atoms with Crippen LogP contribution < -0.4 is 15.4 Å². The minimum Gasteiger partial charge on any atom is -0.483 e. The minimum atomic E-state index is -0.226. The van der Waals surface area contributed by atoms with Crippen molar-refractivity contribution in [1.82, 2.24) is 5.32 Å². The van der Waals surface area contributed by atoms with Gasteiger partial charge in [0.05, 0.1) is 0 Å². The number of halogens is 1. The molecule has 4 aromatic rings. The highest BCUT2D eigenvalue weighted by Gasteiger charge is 2.11. The number of nitrogens with one attached hydrogen (secondary N) is 2. The molecule has 0 spiro atoms. The van der Waals surface area contributed by atoms with Crippen molar-refractivity contribution in [2.24, 2.45) is 0 Å². The Bertz CT molecular complexity index is 1220. The number of fused-ring (bicyclic) bond motifs is 1. The van der Waals surface area contributed by atoms with Crippen molar-refractivity contribution in [1.29, 1.82) is 0 Å². The third kappa shape index (κ3) is 6.18. The van der Waals surface area contributed by atoms with Crippen molar-refractivity contribution in [3.63, 3.8) is 0 Å². The van der Waals surface area contributed by atoms with Crippen LogP contribution in [0.3, 0.4) is 0 Å². The van der Waals surface area contributed by atoms with Gasteiger partial charge in [-0.05, 0) is 66.6 Å². The Morgan fingerprint density at radius 1 is 0.909 bits per heavy atom. The maximum Gasteiger partial charge on any atom is 0.262 e. The molecular formula is C28H27FN2O2. The minimum absolute atomic E-state index is 0.0746. The summed E-state index contributed by atoms with van der Waals surface area (Å²) in [5.41, 5.74) is 3.97. The Balaban J connectivity index is 1.41. The normalized spacial score (nSPS) is 10.8. The van der Waals surface area contributed by atoms with Crippen LogP contribution in [0.4, 0.5) is 10.1 Å². The summed E-state index contributed by atoms with van der Waals surface area (Å²) in [6.45, 7) is 3.26. The molecule has 0 atom stereocenters. The number of aryl methyl sites for hydroxylation is 1. The van der Waals surface area contributed by atoms with E-state index < -0.39 is 0 Å². The van der Waals surface area contributed by atoms with Crippen LogP contribution in [-0.2, 0) is 17.8 Å². The Morgan fingerprint density at radius 2 is 1.67 bits per heavy atom. The summed E-state index contributed by atoms with van der Waals surface area (Å²) in [5.74, 6) is 0.250. The predicted molar refractivity (Wildman–Crippen MR) is 131 cm³/mol. The molecule has 0 saturated heterocycles. The van der Waals surface area contributed by atoms with Crippen molar-refractivity contribution in [2.45, 2.75) is 19.9 Å². The average Bonchev–Trinajstić information content (AvgIpc) is 2.83. The first-order valence-corrected chi connectivity index (χ1v) is 11.0. The van der Waals surface area contributed by atoms with Crippen LogP contribution in [0.5, 0.6) is 5.75 Å². The number of hydrogen-bond acceptors (Lipinski definition) is 3. The van der Waals surface area contributed by atoms with Crippen molar-refractivity contribution in [2.75, 3.05) is 18.5 Å².